The van der Waals surface area contributed by atoms with Gasteiger partial charge in [0.1, 0.15) is 5.01 Å². The molecule has 6 nitrogen and oxygen atoms in total. The lowest BCUT2D eigenvalue weighted by Crippen LogP contribution is -2.29. The third-order valence-electron chi connectivity index (χ3n) is 2.62. The molecule has 2 aromatic rings. The average Bonchev–Trinajstić information content (AvgIpc) is 2.85. The van der Waals surface area contributed by atoms with Crippen LogP contribution in [-0.2, 0) is 5.54 Å². The van der Waals surface area contributed by atoms with E-state index in [4.69, 9.17) is 10.8 Å². The van der Waals surface area contributed by atoms with Crippen molar-refractivity contribution in [1.29, 1.82) is 0 Å². The Labute approximate surface area is 114 Å². The van der Waals surface area contributed by atoms with E-state index in [1.807, 2.05) is 19.2 Å². The van der Waals surface area contributed by atoms with Crippen LogP contribution in [0.3, 0.4) is 0 Å². The highest BCUT2D eigenvalue weighted by Crippen LogP contribution is 2.29. The van der Waals surface area contributed by atoms with Gasteiger partial charge in [0.25, 0.3) is 0 Å². The Bertz CT molecular complexity index is 596. The Morgan fingerprint density at radius 2 is 2.16 bits per heavy atom. The summed E-state index contributed by atoms with van der Waals surface area (Å²) in [7, 11) is 0. The zero-order chi connectivity index (χ0) is 14.0. The summed E-state index contributed by atoms with van der Waals surface area (Å²) in [6.45, 7) is 3.86. The molecule has 2 heterocycles. The summed E-state index contributed by atoms with van der Waals surface area (Å²) in [5, 5.41) is 14.9. The lowest BCUT2D eigenvalue weighted by molar-refractivity contribution is 0.0698. The van der Waals surface area contributed by atoms with Gasteiger partial charge in [-0.05, 0) is 19.9 Å². The molecule has 0 spiro atoms. The molecular formula is C12H14N4O2S. The number of hydrogen-bond acceptors (Lipinski definition) is 6. The third kappa shape index (κ3) is 2.65. The van der Waals surface area contributed by atoms with Crippen molar-refractivity contribution < 1.29 is 9.90 Å². The minimum atomic E-state index is -1.07. The molecule has 2 rings (SSSR count). The van der Waals surface area contributed by atoms with Gasteiger partial charge in [0.05, 0.1) is 16.8 Å². The van der Waals surface area contributed by atoms with Gasteiger partial charge in [0, 0.05) is 17.8 Å². The van der Waals surface area contributed by atoms with Crippen LogP contribution in [0, 0.1) is 0 Å². The first-order valence-corrected chi connectivity index (χ1v) is 6.45. The fraction of sp³-hybridized carbons (Fsp3) is 0.250. The highest BCUT2D eigenvalue weighted by atomic mass is 32.1. The van der Waals surface area contributed by atoms with Crippen LogP contribution in [0.5, 0.6) is 0 Å². The smallest absolute Gasteiger partial charge is 0.337 e. The first kappa shape index (κ1) is 13.3. The number of nitrogen functional groups attached to an aromatic ring is 1. The highest BCUT2D eigenvalue weighted by molar-refractivity contribution is 7.09. The van der Waals surface area contributed by atoms with E-state index in [-0.39, 0.29) is 11.3 Å². The molecule has 2 aromatic heterocycles. The summed E-state index contributed by atoms with van der Waals surface area (Å²) in [6.07, 6.45) is 3.13. The summed E-state index contributed by atoms with van der Waals surface area (Å²) in [6, 6.07) is 1.37. The van der Waals surface area contributed by atoms with Crippen LogP contribution in [-0.4, -0.2) is 21.0 Å². The molecule has 0 aliphatic rings. The summed E-state index contributed by atoms with van der Waals surface area (Å²) in [4.78, 5) is 19.4. The number of anilines is 2. The Morgan fingerprint density at radius 1 is 1.42 bits per heavy atom. The van der Waals surface area contributed by atoms with Crippen molar-refractivity contribution in [2.75, 3.05) is 11.1 Å². The molecule has 100 valence electrons. The predicted octanol–water partition coefficient (Wildman–Crippen LogP) is 2.17. The van der Waals surface area contributed by atoms with Crippen molar-refractivity contribution in [3.05, 3.63) is 34.4 Å². The summed E-state index contributed by atoms with van der Waals surface area (Å²) >= 11 is 1.51. The van der Waals surface area contributed by atoms with E-state index < -0.39 is 11.5 Å². The first-order chi connectivity index (χ1) is 8.92. The number of pyridine rings is 1. The number of aromatic nitrogens is 2. The molecule has 0 aliphatic heterocycles. The second-order valence-corrected chi connectivity index (χ2v) is 5.41. The molecule has 0 saturated heterocycles. The Balaban J connectivity index is 2.34. The van der Waals surface area contributed by atoms with Crippen molar-refractivity contribution in [3.8, 4) is 0 Å². The maximum Gasteiger partial charge on any atom is 0.337 e. The molecule has 4 N–H and O–H groups in total. The van der Waals surface area contributed by atoms with Crippen LogP contribution < -0.4 is 11.1 Å². The molecule has 0 amide bonds. The van der Waals surface area contributed by atoms with Crippen LogP contribution in [0.1, 0.15) is 29.2 Å². The number of carboxylic acids is 1. The van der Waals surface area contributed by atoms with Gasteiger partial charge in [-0.1, -0.05) is 0 Å². The van der Waals surface area contributed by atoms with Crippen molar-refractivity contribution in [3.63, 3.8) is 0 Å². The Kier molecular flexibility index (Phi) is 3.39. The molecule has 0 atom stereocenters. The van der Waals surface area contributed by atoms with Crippen LogP contribution in [0.15, 0.2) is 23.8 Å². The maximum absolute atomic E-state index is 11.0. The fourth-order valence-corrected chi connectivity index (χ4v) is 2.36. The normalized spacial score (nSPS) is 11.3. The predicted molar refractivity (Wildman–Crippen MR) is 74.4 cm³/mol. The van der Waals surface area contributed by atoms with Gasteiger partial charge in [-0.2, -0.15) is 0 Å². The number of nitrogens with zero attached hydrogens (tertiary/aromatic N) is 2. The molecule has 0 fully saturated rings. The van der Waals surface area contributed by atoms with Gasteiger partial charge in [0.15, 0.2) is 5.82 Å². The van der Waals surface area contributed by atoms with E-state index in [2.05, 4.69) is 15.3 Å². The summed E-state index contributed by atoms with van der Waals surface area (Å²) < 4.78 is 0. The largest absolute Gasteiger partial charge is 0.478 e. The minimum absolute atomic E-state index is 0.0347. The number of thiazole rings is 1. The number of rotatable bonds is 4. The molecule has 0 bridgehead atoms. The van der Waals surface area contributed by atoms with Crippen molar-refractivity contribution >= 4 is 28.8 Å². The van der Waals surface area contributed by atoms with Crippen LogP contribution in [0.25, 0.3) is 0 Å². The first-order valence-electron chi connectivity index (χ1n) is 5.58. The average molecular weight is 278 g/mol. The summed E-state index contributed by atoms with van der Waals surface area (Å²) in [5.41, 5.74) is 5.50. The molecule has 0 saturated carbocycles. The number of nitrogens with two attached hydrogens (primary N) is 1. The third-order valence-corrected chi connectivity index (χ3v) is 3.72. The number of carbonyl (C=O) groups is 1. The zero-order valence-electron chi connectivity index (χ0n) is 10.5. The van der Waals surface area contributed by atoms with Gasteiger partial charge in [-0.3, -0.25) is 0 Å². The monoisotopic (exact) mass is 278 g/mol. The van der Waals surface area contributed by atoms with E-state index in [0.717, 1.165) is 5.01 Å². The van der Waals surface area contributed by atoms with Gasteiger partial charge in [-0.15, -0.1) is 11.3 Å². The molecule has 0 radical (unpaired) electrons. The number of carboxylic acid groups (broad SMARTS) is 1. The summed E-state index contributed by atoms with van der Waals surface area (Å²) in [5.74, 6) is -0.727. The second kappa shape index (κ2) is 4.85. The quantitative estimate of drug-likeness (QED) is 0.792. The van der Waals surface area contributed by atoms with Gasteiger partial charge >= 0.3 is 5.97 Å². The lowest BCUT2D eigenvalue weighted by atomic mass is 10.1. The zero-order valence-corrected chi connectivity index (χ0v) is 11.4. The fourth-order valence-electron chi connectivity index (χ4n) is 1.64. The molecule has 0 unspecified atom stereocenters. The number of hydrogen-bond donors (Lipinski definition) is 3. The minimum Gasteiger partial charge on any atom is -0.478 e. The van der Waals surface area contributed by atoms with Gasteiger partial charge < -0.3 is 16.2 Å². The molecular weight excluding hydrogens is 264 g/mol. The van der Waals surface area contributed by atoms with E-state index in [0.29, 0.717) is 5.82 Å². The van der Waals surface area contributed by atoms with Crippen molar-refractivity contribution in [1.82, 2.24) is 9.97 Å². The molecule has 7 heteroatoms. The highest BCUT2D eigenvalue weighted by Gasteiger charge is 2.25. The van der Waals surface area contributed by atoms with Crippen molar-refractivity contribution in [2.45, 2.75) is 19.4 Å². The maximum atomic E-state index is 11.0. The number of aromatic carboxylic acids is 1. The van der Waals surface area contributed by atoms with E-state index in [1.165, 1.54) is 23.6 Å². The molecule has 0 aliphatic carbocycles. The van der Waals surface area contributed by atoms with Gasteiger partial charge in [0.2, 0.25) is 0 Å². The van der Waals surface area contributed by atoms with Crippen LogP contribution in [0.2, 0.25) is 0 Å². The lowest BCUT2D eigenvalue weighted by Gasteiger charge is -2.25. The Hall–Kier alpha value is -2.15. The second-order valence-electron chi connectivity index (χ2n) is 4.51. The van der Waals surface area contributed by atoms with Crippen LogP contribution >= 0.6 is 11.3 Å². The topological polar surface area (TPSA) is 101 Å². The van der Waals surface area contributed by atoms with Gasteiger partial charge in [-0.25, -0.2) is 14.8 Å². The molecule has 0 aromatic carbocycles. The van der Waals surface area contributed by atoms with E-state index >= 15 is 0 Å². The Morgan fingerprint density at radius 3 is 2.74 bits per heavy atom. The van der Waals surface area contributed by atoms with E-state index in [9.17, 15) is 4.79 Å². The van der Waals surface area contributed by atoms with Crippen LogP contribution in [0.4, 0.5) is 11.5 Å². The molecule has 19 heavy (non-hydrogen) atoms. The van der Waals surface area contributed by atoms with Crippen molar-refractivity contribution in [2.24, 2.45) is 0 Å². The standard InChI is InChI=1S/C12H14N4O2S/c1-12(2,11-15-5-6-19-11)16-9-8(13)7(10(17)18)3-4-14-9/h3-6H,13H2,1-2H3,(H,14,16)(H,17,18). The SMILES string of the molecule is CC(C)(Nc1nccc(C(=O)O)c1N)c1nccs1. The number of nitrogens with one attached hydrogen (secondary N) is 1. The van der Waals surface area contributed by atoms with E-state index in [1.54, 1.807) is 6.20 Å².